The molecule has 0 aliphatic heterocycles. The second-order valence-electron chi connectivity index (χ2n) is 8.15. The second kappa shape index (κ2) is 4.00. The van der Waals surface area contributed by atoms with Gasteiger partial charge in [0.2, 0.25) is 0 Å². The standard InChI is InChI=1S/C15H26.C2H6/c1-11(2)15-7-12-5-13(3,9-15)8-14(4,6-12)10-15;1-2/h11-12H,5-10H2,1-4H3;1-2H3. The summed E-state index contributed by atoms with van der Waals surface area (Å²) >= 11 is 0. The van der Waals surface area contributed by atoms with Gasteiger partial charge in [-0.1, -0.05) is 41.5 Å². The van der Waals surface area contributed by atoms with E-state index in [1.807, 2.05) is 13.8 Å². The third-order valence-electron chi connectivity index (χ3n) is 5.89. The van der Waals surface area contributed by atoms with E-state index in [0.717, 1.165) is 17.3 Å². The van der Waals surface area contributed by atoms with Gasteiger partial charge in [0.25, 0.3) is 0 Å². The highest BCUT2D eigenvalue weighted by atomic mass is 14.6. The van der Waals surface area contributed by atoms with Gasteiger partial charge in [0.1, 0.15) is 0 Å². The van der Waals surface area contributed by atoms with Crippen molar-refractivity contribution < 1.29 is 0 Å². The van der Waals surface area contributed by atoms with Crippen molar-refractivity contribution in [2.45, 2.75) is 80.1 Å². The maximum Gasteiger partial charge on any atom is -0.0261 e. The van der Waals surface area contributed by atoms with Crippen molar-refractivity contribution in [3.8, 4) is 0 Å². The van der Waals surface area contributed by atoms with E-state index in [1.54, 1.807) is 6.42 Å². The lowest BCUT2D eigenvalue weighted by molar-refractivity contribution is -0.162. The molecular formula is C17H32. The van der Waals surface area contributed by atoms with Gasteiger partial charge in [0.15, 0.2) is 0 Å². The molecule has 0 saturated heterocycles. The summed E-state index contributed by atoms with van der Waals surface area (Å²) in [6, 6.07) is 0. The Morgan fingerprint density at radius 1 is 0.824 bits per heavy atom. The molecule has 0 aromatic heterocycles. The van der Waals surface area contributed by atoms with E-state index in [0.29, 0.717) is 10.8 Å². The van der Waals surface area contributed by atoms with E-state index in [4.69, 9.17) is 0 Å². The van der Waals surface area contributed by atoms with Gasteiger partial charge >= 0.3 is 0 Å². The summed E-state index contributed by atoms with van der Waals surface area (Å²) in [5.74, 6) is 1.97. The summed E-state index contributed by atoms with van der Waals surface area (Å²) in [6.07, 6.45) is 9.21. The van der Waals surface area contributed by atoms with Crippen LogP contribution in [0.15, 0.2) is 0 Å². The Hall–Kier alpha value is 0. The molecule has 4 bridgehead atoms. The minimum absolute atomic E-state index is 0.707. The van der Waals surface area contributed by atoms with Crippen molar-refractivity contribution in [3.05, 3.63) is 0 Å². The van der Waals surface area contributed by atoms with Crippen LogP contribution in [0, 0.1) is 28.1 Å². The highest BCUT2D eigenvalue weighted by Gasteiger charge is 2.60. The van der Waals surface area contributed by atoms with Crippen molar-refractivity contribution in [1.82, 2.24) is 0 Å². The molecule has 0 spiro atoms. The summed E-state index contributed by atoms with van der Waals surface area (Å²) < 4.78 is 0. The molecule has 0 heterocycles. The van der Waals surface area contributed by atoms with Gasteiger partial charge in [-0.25, -0.2) is 0 Å². The molecule has 17 heavy (non-hydrogen) atoms. The zero-order valence-corrected chi connectivity index (χ0v) is 12.9. The Bertz CT molecular complexity index is 270. The average Bonchev–Trinajstić information content (AvgIpc) is 2.14. The molecule has 100 valence electrons. The van der Waals surface area contributed by atoms with Gasteiger partial charge in [-0.3, -0.25) is 0 Å². The Morgan fingerprint density at radius 3 is 1.65 bits per heavy atom. The molecule has 4 saturated carbocycles. The Labute approximate surface area is 109 Å². The van der Waals surface area contributed by atoms with E-state index >= 15 is 0 Å². The minimum atomic E-state index is 0.707. The normalized spacial score (nSPS) is 51.4. The van der Waals surface area contributed by atoms with E-state index < -0.39 is 0 Å². The van der Waals surface area contributed by atoms with Gasteiger partial charge in [-0.05, 0) is 66.6 Å². The highest BCUT2D eigenvalue weighted by molar-refractivity contribution is 5.10. The van der Waals surface area contributed by atoms with Gasteiger partial charge in [-0.15, -0.1) is 0 Å². The first-order valence-corrected chi connectivity index (χ1v) is 7.85. The molecule has 0 heteroatoms. The van der Waals surface area contributed by atoms with Gasteiger partial charge < -0.3 is 0 Å². The first-order valence-electron chi connectivity index (χ1n) is 7.85. The van der Waals surface area contributed by atoms with Crippen LogP contribution in [0.5, 0.6) is 0 Å². The predicted molar refractivity (Wildman–Crippen MR) is 76.0 cm³/mol. The fraction of sp³-hybridized carbons (Fsp3) is 1.00. The molecule has 2 atom stereocenters. The van der Waals surface area contributed by atoms with E-state index in [2.05, 4.69) is 27.7 Å². The van der Waals surface area contributed by atoms with Gasteiger partial charge in [-0.2, -0.15) is 0 Å². The first kappa shape index (κ1) is 13.4. The van der Waals surface area contributed by atoms with E-state index in [9.17, 15) is 0 Å². The van der Waals surface area contributed by atoms with E-state index in [-0.39, 0.29) is 0 Å². The Morgan fingerprint density at radius 2 is 1.29 bits per heavy atom. The molecular weight excluding hydrogens is 204 g/mol. The van der Waals surface area contributed by atoms with Crippen molar-refractivity contribution >= 4 is 0 Å². The summed E-state index contributed by atoms with van der Waals surface area (Å²) in [5, 5.41) is 0. The molecule has 4 aliphatic carbocycles. The molecule has 0 radical (unpaired) electrons. The second-order valence-corrected chi connectivity index (χ2v) is 8.15. The van der Waals surface area contributed by atoms with Crippen LogP contribution in [0.4, 0.5) is 0 Å². The van der Waals surface area contributed by atoms with Gasteiger partial charge in [0, 0.05) is 0 Å². The zero-order chi connectivity index (χ0) is 12.9. The van der Waals surface area contributed by atoms with Crippen LogP contribution in [-0.4, -0.2) is 0 Å². The fourth-order valence-electron chi connectivity index (χ4n) is 6.18. The number of hydrogen-bond donors (Lipinski definition) is 0. The third-order valence-corrected chi connectivity index (χ3v) is 5.89. The summed E-state index contributed by atoms with van der Waals surface area (Å²) in [6.45, 7) is 14.1. The van der Waals surface area contributed by atoms with Crippen molar-refractivity contribution in [2.75, 3.05) is 0 Å². The maximum atomic E-state index is 2.58. The van der Waals surface area contributed by atoms with Crippen molar-refractivity contribution in [1.29, 1.82) is 0 Å². The van der Waals surface area contributed by atoms with Crippen LogP contribution >= 0.6 is 0 Å². The topological polar surface area (TPSA) is 0 Å². The molecule has 0 aromatic carbocycles. The molecule has 4 rings (SSSR count). The molecule has 0 amide bonds. The average molecular weight is 236 g/mol. The summed E-state index contributed by atoms with van der Waals surface area (Å²) in [4.78, 5) is 0. The van der Waals surface area contributed by atoms with Crippen molar-refractivity contribution in [2.24, 2.45) is 28.1 Å². The molecule has 2 unspecified atom stereocenters. The molecule has 0 N–H and O–H groups in total. The number of rotatable bonds is 1. The quantitative estimate of drug-likeness (QED) is 0.550. The fourth-order valence-corrected chi connectivity index (χ4v) is 6.18. The summed E-state index contributed by atoms with van der Waals surface area (Å²) in [7, 11) is 0. The smallest absolute Gasteiger partial charge is 0.0261 e. The van der Waals surface area contributed by atoms with Crippen LogP contribution in [0.25, 0.3) is 0 Å². The SMILES string of the molecule is CC.CC(C)C12CC3CC(C)(CC(C)(C3)C1)C2. The Balaban J connectivity index is 0.000000514. The first-order chi connectivity index (χ1) is 7.85. The van der Waals surface area contributed by atoms with Crippen LogP contribution in [0.2, 0.25) is 0 Å². The van der Waals surface area contributed by atoms with Crippen molar-refractivity contribution in [3.63, 3.8) is 0 Å². The Kier molecular flexibility index (Phi) is 3.16. The third kappa shape index (κ3) is 2.06. The van der Waals surface area contributed by atoms with Crippen LogP contribution in [0.1, 0.15) is 80.1 Å². The van der Waals surface area contributed by atoms with Crippen LogP contribution in [-0.2, 0) is 0 Å². The monoisotopic (exact) mass is 236 g/mol. The lowest BCUT2D eigenvalue weighted by Gasteiger charge is -2.67. The molecule has 0 aromatic rings. The van der Waals surface area contributed by atoms with Crippen LogP contribution in [0.3, 0.4) is 0 Å². The largest absolute Gasteiger partial charge is 0.0683 e. The van der Waals surface area contributed by atoms with Gasteiger partial charge in [0.05, 0.1) is 0 Å². The van der Waals surface area contributed by atoms with Crippen LogP contribution < -0.4 is 0 Å². The zero-order valence-electron chi connectivity index (χ0n) is 12.9. The predicted octanol–water partition coefficient (Wildman–Crippen LogP) is 5.67. The molecule has 0 nitrogen and oxygen atoms in total. The van der Waals surface area contributed by atoms with E-state index in [1.165, 1.54) is 32.1 Å². The molecule has 4 aliphatic rings. The summed E-state index contributed by atoms with van der Waals surface area (Å²) in [5.41, 5.74) is 2.14. The highest BCUT2D eigenvalue weighted by Crippen LogP contribution is 2.71. The maximum absolute atomic E-state index is 2.58. The number of hydrogen-bond acceptors (Lipinski definition) is 0. The lowest BCUT2D eigenvalue weighted by Crippen LogP contribution is -2.56. The lowest BCUT2D eigenvalue weighted by atomic mass is 9.38. The minimum Gasteiger partial charge on any atom is -0.0683 e. The molecule has 4 fully saturated rings.